The van der Waals surface area contributed by atoms with Crippen molar-refractivity contribution in [2.45, 2.75) is 147 Å². The van der Waals surface area contributed by atoms with Crippen LogP contribution in [0, 0.1) is 29.1 Å². The Bertz CT molecular complexity index is 2100. The van der Waals surface area contributed by atoms with E-state index in [1.165, 1.54) is 4.90 Å². The number of carbonyl (C=O) groups excluding carboxylic acids is 4. The minimum atomic E-state index is -4.15. The molecular formula is C42H58F2N6O9S. The number of halogens is 2. The maximum absolute atomic E-state index is 15.0. The molecule has 18 heteroatoms. The molecule has 7 rings (SSSR count). The van der Waals surface area contributed by atoms with Crippen LogP contribution in [0.3, 0.4) is 0 Å². The third-order valence-electron chi connectivity index (χ3n) is 13.3. The summed E-state index contributed by atoms with van der Waals surface area (Å²) in [4.78, 5) is 68.2. The Balaban J connectivity index is 1.28. The molecule has 1 aromatic carbocycles. The van der Waals surface area contributed by atoms with Crippen LogP contribution in [0.2, 0.25) is 0 Å². The lowest BCUT2D eigenvalue weighted by atomic mass is 9.85. The van der Waals surface area contributed by atoms with Gasteiger partial charge in [0.2, 0.25) is 34.1 Å². The summed E-state index contributed by atoms with van der Waals surface area (Å²) in [6, 6.07) is 2.73. The average molecular weight is 861 g/mol. The molecule has 3 aliphatic carbocycles. The Hall–Kier alpha value is -4.35. The SMILES string of the molecule is CC[C@@H]1[C@@H]2CN(C(=O)[C@H](C(C)(C)C)NC(=O)O[C@@H]3CC[C@H](C)[C@H]3CCCCCc3nc4ccc(OC)cc4nc3O2)[C@@H]1C(=O)N[C@]1(C(=O)NS(=O)(=O)C2CC2)C[C@H]1C(F)F. The highest BCUT2D eigenvalue weighted by atomic mass is 32.2. The van der Waals surface area contributed by atoms with Crippen molar-refractivity contribution in [3.05, 3.63) is 23.9 Å². The van der Waals surface area contributed by atoms with Crippen LogP contribution < -0.4 is 24.8 Å². The van der Waals surface area contributed by atoms with E-state index in [1.807, 2.05) is 10.8 Å². The van der Waals surface area contributed by atoms with Crippen LogP contribution in [-0.2, 0) is 35.6 Å². The number of nitrogens with zero attached hydrogens (tertiary/aromatic N) is 3. The van der Waals surface area contributed by atoms with Crippen LogP contribution in [0.25, 0.3) is 11.0 Å². The van der Waals surface area contributed by atoms with E-state index in [1.54, 1.807) is 46.9 Å². The van der Waals surface area contributed by atoms with Gasteiger partial charge in [-0.1, -0.05) is 47.5 Å². The number of alkyl halides is 2. The molecule has 60 heavy (non-hydrogen) atoms. The number of carbonyl (C=O) groups is 4. The maximum Gasteiger partial charge on any atom is 0.408 e. The van der Waals surface area contributed by atoms with Crippen LogP contribution in [-0.4, -0.2) is 102 Å². The molecule has 0 unspecified atom stereocenters. The van der Waals surface area contributed by atoms with E-state index in [4.69, 9.17) is 24.2 Å². The normalized spacial score (nSPS) is 31.5. The second-order valence-electron chi connectivity index (χ2n) is 18.5. The summed E-state index contributed by atoms with van der Waals surface area (Å²) < 4.78 is 74.5. The first-order chi connectivity index (χ1) is 28.4. The molecular weight excluding hydrogens is 803 g/mol. The molecule has 330 valence electrons. The molecule has 4 amide bonds. The molecule has 1 saturated heterocycles. The molecule has 0 radical (unpaired) electrons. The molecule has 3 saturated carbocycles. The van der Waals surface area contributed by atoms with E-state index in [0.29, 0.717) is 54.1 Å². The number of aryl methyl sites for hydroxylation is 1. The molecule has 1 aromatic heterocycles. The zero-order valence-electron chi connectivity index (χ0n) is 35.2. The summed E-state index contributed by atoms with van der Waals surface area (Å²) in [7, 11) is -2.61. The third kappa shape index (κ3) is 8.85. The van der Waals surface area contributed by atoms with Gasteiger partial charge in [-0.2, -0.15) is 0 Å². The van der Waals surface area contributed by atoms with Crippen LogP contribution in [0.4, 0.5) is 13.6 Å². The number of ether oxygens (including phenoxy) is 3. The first-order valence-corrected chi connectivity index (χ1v) is 22.9. The van der Waals surface area contributed by atoms with Gasteiger partial charge in [0.1, 0.15) is 41.3 Å². The quantitative estimate of drug-likeness (QED) is 0.322. The third-order valence-corrected chi connectivity index (χ3v) is 15.1. The molecule has 0 spiro atoms. The molecule has 3 heterocycles. The van der Waals surface area contributed by atoms with Gasteiger partial charge in [0.15, 0.2) is 0 Å². The van der Waals surface area contributed by atoms with Gasteiger partial charge >= 0.3 is 6.09 Å². The number of amides is 4. The highest BCUT2D eigenvalue weighted by Gasteiger charge is 2.67. The lowest BCUT2D eigenvalue weighted by molar-refractivity contribution is -0.144. The zero-order chi connectivity index (χ0) is 43.3. The van der Waals surface area contributed by atoms with Crippen molar-refractivity contribution in [1.82, 2.24) is 30.2 Å². The van der Waals surface area contributed by atoms with Gasteiger partial charge in [-0.3, -0.25) is 19.1 Å². The minimum absolute atomic E-state index is 0.133. The number of fused-ring (bicyclic) bond motifs is 5. The fraction of sp³-hybridized carbons (Fsp3) is 0.714. The molecule has 9 atom stereocenters. The highest BCUT2D eigenvalue weighted by molar-refractivity contribution is 7.91. The number of aromatic nitrogens is 2. The molecule has 2 bridgehead atoms. The van der Waals surface area contributed by atoms with Crippen molar-refractivity contribution in [2.24, 2.45) is 29.1 Å². The van der Waals surface area contributed by atoms with Gasteiger partial charge < -0.3 is 29.7 Å². The summed E-state index contributed by atoms with van der Waals surface area (Å²) in [5.41, 5.74) is -1.42. The van der Waals surface area contributed by atoms with Crippen molar-refractivity contribution in [2.75, 3.05) is 13.7 Å². The van der Waals surface area contributed by atoms with Crippen molar-refractivity contribution in [3.63, 3.8) is 0 Å². The number of nitrogens with one attached hydrogen (secondary N) is 3. The Morgan fingerprint density at radius 1 is 1.03 bits per heavy atom. The predicted octanol–water partition coefficient (Wildman–Crippen LogP) is 5.04. The van der Waals surface area contributed by atoms with Crippen LogP contribution in [0.15, 0.2) is 18.2 Å². The molecule has 3 N–H and O–H groups in total. The van der Waals surface area contributed by atoms with Crippen molar-refractivity contribution in [3.8, 4) is 11.6 Å². The second-order valence-corrected chi connectivity index (χ2v) is 20.4. The van der Waals surface area contributed by atoms with Crippen LogP contribution in [0.5, 0.6) is 11.6 Å². The number of hydrogen-bond acceptors (Lipinski definition) is 11. The van der Waals surface area contributed by atoms with Crippen molar-refractivity contribution >= 4 is 44.9 Å². The number of methoxy groups -OCH3 is 1. The topological polar surface area (TPSA) is 195 Å². The van der Waals surface area contributed by atoms with E-state index < -0.39 is 92.9 Å². The van der Waals surface area contributed by atoms with E-state index in [9.17, 15) is 36.4 Å². The highest BCUT2D eigenvalue weighted by Crippen LogP contribution is 2.49. The fourth-order valence-electron chi connectivity index (χ4n) is 9.45. The standard InChI is InChI=1S/C42H58F2N6O9S/c1-7-25-32-21-50(33(25)36(51)48-42(20-27(42)35(43)44)39(53)49-60(55,56)24-15-16-24)38(52)34(41(3,4)5)47-40(54)59-31-18-13-22(2)26(31)11-9-8-10-12-29-37(58-32)46-30-19-23(57-6)14-17-28(30)45-29/h14,17,19,22,24-27,31-35H,7-13,15-16,18,20-21H2,1-6H3,(H,47,54)(H,48,51)(H,49,53)/t22-,25+,26+,27-,31+,32-,33-,34+,42+/m0/s1. The lowest BCUT2D eigenvalue weighted by Gasteiger charge is -2.36. The summed E-state index contributed by atoms with van der Waals surface area (Å²) in [5.74, 6) is -4.02. The average Bonchev–Trinajstić information content (AvgIpc) is 4.11. The van der Waals surface area contributed by atoms with Gasteiger partial charge in [-0.05, 0) is 87.2 Å². The summed E-state index contributed by atoms with van der Waals surface area (Å²) in [6.45, 7) is 9.07. The van der Waals surface area contributed by atoms with E-state index >= 15 is 0 Å². The first-order valence-electron chi connectivity index (χ1n) is 21.3. The van der Waals surface area contributed by atoms with E-state index in [0.717, 1.165) is 32.1 Å². The Morgan fingerprint density at radius 2 is 1.78 bits per heavy atom. The fourth-order valence-corrected chi connectivity index (χ4v) is 10.8. The van der Waals surface area contributed by atoms with Gasteiger partial charge in [0.25, 0.3) is 5.91 Å². The second kappa shape index (κ2) is 16.8. The molecule has 2 aliphatic heterocycles. The molecule has 15 nitrogen and oxygen atoms in total. The number of benzene rings is 1. The number of rotatable bonds is 8. The molecule has 2 aromatic rings. The monoisotopic (exact) mass is 860 g/mol. The largest absolute Gasteiger partial charge is 0.497 e. The Morgan fingerprint density at radius 3 is 2.43 bits per heavy atom. The lowest BCUT2D eigenvalue weighted by Crippen LogP contribution is -2.61. The summed E-state index contributed by atoms with van der Waals surface area (Å²) >= 11 is 0. The predicted molar refractivity (Wildman–Crippen MR) is 216 cm³/mol. The van der Waals surface area contributed by atoms with Gasteiger partial charge in [0, 0.05) is 12.0 Å². The Labute approximate surface area is 349 Å². The number of alkyl carbamates (subject to hydrolysis) is 1. The minimum Gasteiger partial charge on any atom is -0.497 e. The maximum atomic E-state index is 15.0. The smallest absolute Gasteiger partial charge is 0.408 e. The first kappa shape index (κ1) is 43.7. The zero-order valence-corrected chi connectivity index (χ0v) is 36.0. The number of sulfonamides is 1. The van der Waals surface area contributed by atoms with Gasteiger partial charge in [0.05, 0.1) is 35.9 Å². The summed E-state index contributed by atoms with van der Waals surface area (Å²) in [5, 5.41) is 4.51. The molecule has 4 fully saturated rings. The van der Waals surface area contributed by atoms with Crippen LogP contribution >= 0.6 is 0 Å². The van der Waals surface area contributed by atoms with Crippen LogP contribution in [0.1, 0.15) is 105 Å². The summed E-state index contributed by atoms with van der Waals surface area (Å²) in [6.07, 6.45) is 0.857. The van der Waals surface area contributed by atoms with E-state index in [2.05, 4.69) is 17.6 Å². The number of hydrogen-bond donors (Lipinski definition) is 3. The van der Waals surface area contributed by atoms with Gasteiger partial charge in [-0.15, -0.1) is 0 Å². The van der Waals surface area contributed by atoms with Gasteiger partial charge in [-0.25, -0.2) is 32.0 Å². The van der Waals surface area contributed by atoms with E-state index in [-0.39, 0.29) is 30.9 Å². The van der Waals surface area contributed by atoms with Crippen molar-refractivity contribution in [1.29, 1.82) is 0 Å². The molecule has 5 aliphatic rings. The van der Waals surface area contributed by atoms with Crippen molar-refractivity contribution < 1.29 is 50.6 Å². The Kier molecular flexibility index (Phi) is 12.3.